The van der Waals surface area contributed by atoms with Crippen LogP contribution in [0.25, 0.3) is 24.3 Å². The van der Waals surface area contributed by atoms with Crippen molar-refractivity contribution in [2.24, 2.45) is 7.05 Å². The van der Waals surface area contributed by atoms with Crippen LogP contribution in [0.15, 0.2) is 54.6 Å². The number of aromatic nitrogens is 1. The first-order valence-electron chi connectivity index (χ1n) is 9.89. The molecule has 0 aliphatic rings. The summed E-state index contributed by atoms with van der Waals surface area (Å²) < 4.78 is 23.6. The number of methoxy groups -OCH3 is 4. The van der Waals surface area contributed by atoms with Crippen LogP contribution in [0.5, 0.6) is 23.0 Å². The molecule has 2 aromatic carbocycles. The summed E-state index contributed by atoms with van der Waals surface area (Å²) in [5.74, 6) is 3.06. The molecule has 0 atom stereocenters. The monoisotopic (exact) mass is 418 g/mol. The predicted molar refractivity (Wildman–Crippen MR) is 125 cm³/mol. The first kappa shape index (κ1) is 22.0. The first-order valence-corrected chi connectivity index (χ1v) is 9.89. The second-order valence-corrected chi connectivity index (χ2v) is 6.82. The largest absolute Gasteiger partial charge is 0.497 e. The lowest BCUT2D eigenvalue weighted by Gasteiger charge is -2.07. The van der Waals surface area contributed by atoms with Crippen LogP contribution in [0.2, 0.25) is 0 Å². The second kappa shape index (κ2) is 10.3. The fourth-order valence-corrected chi connectivity index (χ4v) is 3.22. The topological polar surface area (TPSA) is 40.8 Å². The zero-order valence-corrected chi connectivity index (χ0v) is 18.6. The average Bonchev–Trinajstić information content (AvgIpc) is 2.82. The Morgan fingerprint density at radius 2 is 1.03 bits per heavy atom. The van der Waals surface area contributed by atoms with Gasteiger partial charge in [0.05, 0.1) is 28.4 Å². The molecule has 0 saturated carbocycles. The summed E-state index contributed by atoms with van der Waals surface area (Å²) in [6, 6.07) is 17.7. The summed E-state index contributed by atoms with van der Waals surface area (Å²) >= 11 is 0. The van der Waals surface area contributed by atoms with Gasteiger partial charge in [-0.1, -0.05) is 0 Å². The smallest absolute Gasteiger partial charge is 0.205 e. The number of nitrogens with zero attached hydrogens (tertiary/aromatic N) is 1. The summed E-state index contributed by atoms with van der Waals surface area (Å²) in [5, 5.41) is 0. The maximum Gasteiger partial charge on any atom is 0.205 e. The Bertz CT molecular complexity index is 1020. The van der Waals surface area contributed by atoms with E-state index in [0.29, 0.717) is 0 Å². The molecule has 0 bridgehead atoms. The van der Waals surface area contributed by atoms with Gasteiger partial charge in [-0.25, -0.2) is 0 Å². The van der Waals surface area contributed by atoms with E-state index in [1.165, 1.54) is 0 Å². The maximum absolute atomic E-state index is 5.49. The third kappa shape index (κ3) is 5.25. The molecule has 0 fully saturated rings. The number of benzene rings is 2. The molecule has 0 N–H and O–H groups in total. The van der Waals surface area contributed by atoms with Crippen LogP contribution in [0.3, 0.4) is 0 Å². The molecular formula is C26H28NO4+. The van der Waals surface area contributed by atoms with Crippen LogP contribution in [0, 0.1) is 0 Å². The molecule has 3 rings (SSSR count). The third-order valence-corrected chi connectivity index (χ3v) is 5.06. The van der Waals surface area contributed by atoms with Gasteiger partial charge in [-0.05, 0) is 42.5 Å². The standard InChI is InChI=1S/C26H28NO4/c1-27-21(13-9-19-11-15-23(28-2)17-25(19)30-4)7-6-8-22(27)14-10-20-12-16-24(29-3)18-26(20)31-5/h6-18H,1-5H3/q+1/b13-9+,14-10+. The van der Waals surface area contributed by atoms with Gasteiger partial charge in [0.25, 0.3) is 0 Å². The highest BCUT2D eigenvalue weighted by Crippen LogP contribution is 2.27. The quantitative estimate of drug-likeness (QED) is 0.489. The molecule has 0 spiro atoms. The zero-order valence-electron chi connectivity index (χ0n) is 18.6. The highest BCUT2D eigenvalue weighted by Gasteiger charge is 2.09. The van der Waals surface area contributed by atoms with E-state index in [9.17, 15) is 0 Å². The van der Waals surface area contributed by atoms with Crippen molar-refractivity contribution in [1.29, 1.82) is 0 Å². The molecular weight excluding hydrogens is 390 g/mol. The van der Waals surface area contributed by atoms with E-state index >= 15 is 0 Å². The normalized spacial score (nSPS) is 11.1. The maximum atomic E-state index is 5.49. The summed E-state index contributed by atoms with van der Waals surface area (Å²) in [5.41, 5.74) is 4.07. The summed E-state index contributed by atoms with van der Waals surface area (Å²) in [6.07, 6.45) is 8.20. The van der Waals surface area contributed by atoms with Gasteiger partial charge in [0.1, 0.15) is 30.0 Å². The van der Waals surface area contributed by atoms with Crippen LogP contribution in [-0.4, -0.2) is 28.4 Å². The molecule has 0 amide bonds. The Labute approximate surface area is 183 Å². The van der Waals surface area contributed by atoms with Crippen LogP contribution in [0.1, 0.15) is 22.5 Å². The lowest BCUT2D eigenvalue weighted by atomic mass is 10.1. The van der Waals surface area contributed by atoms with Crippen molar-refractivity contribution >= 4 is 24.3 Å². The van der Waals surface area contributed by atoms with Gasteiger partial charge < -0.3 is 18.9 Å². The molecule has 1 aromatic heterocycles. The van der Waals surface area contributed by atoms with E-state index in [-0.39, 0.29) is 0 Å². The summed E-state index contributed by atoms with van der Waals surface area (Å²) in [4.78, 5) is 0. The van der Waals surface area contributed by atoms with Gasteiger partial charge in [-0.15, -0.1) is 0 Å². The van der Waals surface area contributed by atoms with Gasteiger partial charge in [-0.3, -0.25) is 0 Å². The third-order valence-electron chi connectivity index (χ3n) is 5.06. The van der Waals surface area contributed by atoms with Crippen molar-refractivity contribution in [3.05, 3.63) is 77.1 Å². The van der Waals surface area contributed by atoms with Gasteiger partial charge in [0, 0.05) is 47.5 Å². The Balaban J connectivity index is 1.87. The van der Waals surface area contributed by atoms with Gasteiger partial charge in [0.15, 0.2) is 0 Å². The van der Waals surface area contributed by atoms with Crippen molar-refractivity contribution < 1.29 is 23.5 Å². The Morgan fingerprint density at radius 3 is 1.42 bits per heavy atom. The van der Waals surface area contributed by atoms with Crippen molar-refractivity contribution in [3.8, 4) is 23.0 Å². The van der Waals surface area contributed by atoms with Gasteiger partial charge >= 0.3 is 0 Å². The zero-order chi connectivity index (χ0) is 22.2. The fourth-order valence-electron chi connectivity index (χ4n) is 3.22. The number of ether oxygens (including phenoxy) is 4. The number of hydrogen-bond acceptors (Lipinski definition) is 4. The molecule has 5 heteroatoms. The minimum atomic E-state index is 0.764. The average molecular weight is 419 g/mol. The molecule has 0 unspecified atom stereocenters. The van der Waals surface area contributed by atoms with Gasteiger partial charge in [0.2, 0.25) is 11.4 Å². The molecule has 160 valence electrons. The molecule has 31 heavy (non-hydrogen) atoms. The number of pyridine rings is 1. The van der Waals surface area contributed by atoms with Crippen LogP contribution in [0.4, 0.5) is 0 Å². The highest BCUT2D eigenvalue weighted by atomic mass is 16.5. The van der Waals surface area contributed by atoms with E-state index in [2.05, 4.69) is 28.9 Å². The molecule has 5 nitrogen and oxygen atoms in total. The number of hydrogen-bond donors (Lipinski definition) is 0. The Kier molecular flexibility index (Phi) is 7.33. The first-order chi connectivity index (χ1) is 15.1. The van der Waals surface area contributed by atoms with Crippen LogP contribution >= 0.6 is 0 Å². The van der Waals surface area contributed by atoms with E-state index in [0.717, 1.165) is 45.5 Å². The predicted octanol–water partition coefficient (Wildman–Crippen LogP) is 4.89. The molecule has 3 aromatic rings. The minimum absolute atomic E-state index is 0.764. The number of rotatable bonds is 8. The summed E-state index contributed by atoms with van der Waals surface area (Å²) in [7, 11) is 8.64. The molecule has 1 heterocycles. The fraction of sp³-hybridized carbons (Fsp3) is 0.192. The lowest BCUT2D eigenvalue weighted by Crippen LogP contribution is -2.35. The highest BCUT2D eigenvalue weighted by molar-refractivity contribution is 5.73. The summed E-state index contributed by atoms with van der Waals surface area (Å²) in [6.45, 7) is 0. The van der Waals surface area contributed by atoms with E-state index < -0.39 is 0 Å². The van der Waals surface area contributed by atoms with Gasteiger partial charge in [-0.2, -0.15) is 4.57 Å². The lowest BCUT2D eigenvalue weighted by molar-refractivity contribution is -0.675. The van der Waals surface area contributed by atoms with E-state index in [1.807, 2.05) is 61.7 Å². The van der Waals surface area contributed by atoms with Crippen molar-refractivity contribution in [1.82, 2.24) is 0 Å². The van der Waals surface area contributed by atoms with E-state index in [1.54, 1.807) is 28.4 Å². The Hall–Kier alpha value is -3.73. The second-order valence-electron chi connectivity index (χ2n) is 6.82. The SMILES string of the molecule is COc1ccc(/C=C/c2cccc(/C=C/c3ccc(OC)cc3OC)[n+]2C)c(OC)c1. The van der Waals surface area contributed by atoms with Crippen molar-refractivity contribution in [3.63, 3.8) is 0 Å². The molecule has 0 saturated heterocycles. The molecule has 0 radical (unpaired) electrons. The van der Waals surface area contributed by atoms with Crippen LogP contribution < -0.4 is 23.5 Å². The van der Waals surface area contributed by atoms with Crippen molar-refractivity contribution in [2.75, 3.05) is 28.4 Å². The molecule has 0 aliphatic heterocycles. The van der Waals surface area contributed by atoms with E-state index in [4.69, 9.17) is 18.9 Å². The van der Waals surface area contributed by atoms with Crippen LogP contribution in [-0.2, 0) is 7.05 Å². The molecule has 0 aliphatic carbocycles. The van der Waals surface area contributed by atoms with Crippen molar-refractivity contribution in [2.45, 2.75) is 0 Å². The minimum Gasteiger partial charge on any atom is -0.497 e. The Morgan fingerprint density at radius 1 is 0.581 bits per heavy atom.